The Labute approximate surface area is 202 Å². The first-order chi connectivity index (χ1) is 15.9. The van der Waals surface area contributed by atoms with Crippen LogP contribution in [-0.4, -0.2) is 39.1 Å². The van der Waals surface area contributed by atoms with Crippen LogP contribution in [0.2, 0.25) is 0 Å². The Morgan fingerprint density at radius 3 is 2.42 bits per heavy atom. The second-order valence-corrected chi connectivity index (χ2v) is 9.03. The van der Waals surface area contributed by atoms with Crippen molar-refractivity contribution in [3.05, 3.63) is 63.8 Å². The summed E-state index contributed by atoms with van der Waals surface area (Å²) in [5, 5.41) is 17.3. The van der Waals surface area contributed by atoms with Crippen LogP contribution in [0.25, 0.3) is 16.7 Å². The van der Waals surface area contributed by atoms with E-state index in [0.717, 1.165) is 46.6 Å². The zero-order valence-corrected chi connectivity index (χ0v) is 20.7. The van der Waals surface area contributed by atoms with Crippen molar-refractivity contribution in [3.63, 3.8) is 0 Å². The molecule has 2 aromatic heterocycles. The van der Waals surface area contributed by atoms with Crippen molar-refractivity contribution < 1.29 is 4.79 Å². The molecule has 4 rings (SSSR count). The van der Waals surface area contributed by atoms with Gasteiger partial charge in [-0.2, -0.15) is 4.80 Å². The first-order valence-electron chi connectivity index (χ1n) is 10.8. The Balaban J connectivity index is 1.56. The number of nitrogens with zero attached hydrogens (tertiary/aromatic N) is 4. The fourth-order valence-corrected chi connectivity index (χ4v) is 4.51. The first kappa shape index (κ1) is 22.9. The van der Waals surface area contributed by atoms with Gasteiger partial charge in [0.1, 0.15) is 11.0 Å². The van der Waals surface area contributed by atoms with Gasteiger partial charge >= 0.3 is 0 Å². The smallest absolute Gasteiger partial charge is 0.267 e. The summed E-state index contributed by atoms with van der Waals surface area (Å²) in [6.45, 7) is 10.3. The molecule has 0 aliphatic carbocycles. The number of carbonyl (C=O) groups is 1. The van der Waals surface area contributed by atoms with E-state index in [9.17, 15) is 4.79 Å². The van der Waals surface area contributed by atoms with E-state index in [0.29, 0.717) is 4.88 Å². The molecule has 4 aromatic rings. The molecule has 0 bridgehead atoms. The zero-order chi connectivity index (χ0) is 23.5. The highest BCUT2D eigenvalue weighted by molar-refractivity contribution is 7.80. The van der Waals surface area contributed by atoms with Crippen LogP contribution in [0.5, 0.6) is 0 Å². The van der Waals surface area contributed by atoms with Gasteiger partial charge in [0.2, 0.25) is 0 Å². The molecule has 0 saturated heterocycles. The van der Waals surface area contributed by atoms with Crippen molar-refractivity contribution >= 4 is 57.0 Å². The molecule has 9 heteroatoms. The number of aryl methyl sites for hydroxylation is 2. The summed E-state index contributed by atoms with van der Waals surface area (Å²) < 4.78 is 0. The third-order valence-corrected chi connectivity index (χ3v) is 6.54. The predicted octanol–water partition coefficient (Wildman–Crippen LogP) is 5.07. The summed E-state index contributed by atoms with van der Waals surface area (Å²) in [5.74, 6) is -0.226. The number of fused-ring (bicyclic) bond motifs is 1. The Kier molecular flexibility index (Phi) is 6.71. The summed E-state index contributed by atoms with van der Waals surface area (Å²) in [6, 6.07) is 13.8. The average Bonchev–Trinajstić information content (AvgIpc) is 3.45. The highest BCUT2D eigenvalue weighted by Gasteiger charge is 2.13. The Hall–Kier alpha value is -3.30. The highest BCUT2D eigenvalue weighted by Crippen LogP contribution is 2.25. The molecule has 1 amide bonds. The van der Waals surface area contributed by atoms with Gasteiger partial charge in [0.15, 0.2) is 5.11 Å². The van der Waals surface area contributed by atoms with Crippen LogP contribution in [0.1, 0.15) is 34.6 Å². The molecule has 2 N–H and O–H groups in total. The lowest BCUT2D eigenvalue weighted by atomic mass is 10.1. The molecule has 0 fully saturated rings. The lowest BCUT2D eigenvalue weighted by Gasteiger charge is -2.22. The minimum absolute atomic E-state index is 0.226. The van der Waals surface area contributed by atoms with Gasteiger partial charge in [-0.1, -0.05) is 6.07 Å². The fourth-order valence-electron chi connectivity index (χ4n) is 3.69. The number of nitrogens with one attached hydrogen (secondary N) is 2. The van der Waals surface area contributed by atoms with Crippen LogP contribution < -0.4 is 15.5 Å². The lowest BCUT2D eigenvalue weighted by Crippen LogP contribution is -2.33. The molecule has 0 aliphatic heterocycles. The number of amides is 1. The maximum atomic E-state index is 12.2. The summed E-state index contributed by atoms with van der Waals surface area (Å²) in [6.07, 6.45) is 0. The van der Waals surface area contributed by atoms with Gasteiger partial charge in [0, 0.05) is 24.5 Å². The number of hydrogen-bond acceptors (Lipinski definition) is 6. The van der Waals surface area contributed by atoms with Crippen LogP contribution in [0.15, 0.2) is 47.8 Å². The van der Waals surface area contributed by atoms with E-state index in [4.69, 9.17) is 17.3 Å². The lowest BCUT2D eigenvalue weighted by molar-refractivity contribution is 0.0981. The number of aromatic nitrogens is 3. The van der Waals surface area contributed by atoms with Gasteiger partial charge in [-0.05, 0) is 92.8 Å². The van der Waals surface area contributed by atoms with Crippen LogP contribution in [0, 0.1) is 13.8 Å². The first-order valence-corrected chi connectivity index (χ1v) is 12.1. The molecule has 33 heavy (non-hydrogen) atoms. The van der Waals surface area contributed by atoms with Crippen molar-refractivity contribution in [1.29, 1.82) is 0 Å². The zero-order valence-electron chi connectivity index (χ0n) is 19.0. The second-order valence-electron chi connectivity index (χ2n) is 7.67. The topological polar surface area (TPSA) is 75.1 Å². The SMILES string of the molecule is CCN(CC)c1ccc(-n2nc3cc(C)c(NC(=S)NC(=O)c4cccs4)cc3n2)c(C)c1. The molecule has 7 nitrogen and oxygen atoms in total. The molecule has 170 valence electrons. The molecule has 0 radical (unpaired) electrons. The predicted molar refractivity (Wildman–Crippen MR) is 140 cm³/mol. The quantitative estimate of drug-likeness (QED) is 0.377. The molecule has 0 spiro atoms. The van der Waals surface area contributed by atoms with Crippen molar-refractivity contribution in [2.75, 3.05) is 23.3 Å². The molecule has 0 unspecified atom stereocenters. The van der Waals surface area contributed by atoms with Crippen LogP contribution in [0.4, 0.5) is 11.4 Å². The number of benzene rings is 2. The summed E-state index contributed by atoms with van der Waals surface area (Å²) in [4.78, 5) is 16.8. The third kappa shape index (κ3) is 4.89. The third-order valence-electron chi connectivity index (χ3n) is 5.47. The molecule has 2 aromatic carbocycles. The van der Waals surface area contributed by atoms with Gasteiger partial charge in [-0.25, -0.2) is 0 Å². The molecular weight excluding hydrogens is 452 g/mol. The van der Waals surface area contributed by atoms with Crippen LogP contribution in [0.3, 0.4) is 0 Å². The van der Waals surface area contributed by atoms with Gasteiger partial charge in [0.05, 0.1) is 10.6 Å². The Morgan fingerprint density at radius 2 is 1.79 bits per heavy atom. The largest absolute Gasteiger partial charge is 0.372 e. The van der Waals surface area contributed by atoms with Gasteiger partial charge in [-0.3, -0.25) is 10.1 Å². The minimum Gasteiger partial charge on any atom is -0.372 e. The minimum atomic E-state index is -0.226. The fraction of sp³-hybridized carbons (Fsp3) is 0.250. The van der Waals surface area contributed by atoms with Gasteiger partial charge < -0.3 is 10.2 Å². The Morgan fingerprint density at radius 1 is 1.06 bits per heavy atom. The Bertz CT molecular complexity index is 1310. The molecular formula is C24H26N6OS2. The molecule has 0 saturated carbocycles. The van der Waals surface area contributed by atoms with Crippen molar-refractivity contribution in [2.45, 2.75) is 27.7 Å². The van der Waals surface area contributed by atoms with Crippen molar-refractivity contribution in [1.82, 2.24) is 20.3 Å². The number of rotatable bonds is 6. The number of carbonyl (C=O) groups excluding carboxylic acids is 1. The molecule has 0 aliphatic rings. The van der Waals surface area contributed by atoms with E-state index < -0.39 is 0 Å². The standard InChI is InChI=1S/C24H26N6OS2/c1-5-29(6-2)17-9-10-21(16(4)12-17)30-27-19-13-15(3)18(14-20(19)28-30)25-24(32)26-23(31)22-8-7-11-33-22/h7-14H,5-6H2,1-4H3,(H2,25,26,31,32). The van der Waals surface area contributed by atoms with Gasteiger partial charge in [-0.15, -0.1) is 21.5 Å². The number of anilines is 2. The van der Waals surface area contributed by atoms with Gasteiger partial charge in [0.25, 0.3) is 5.91 Å². The average molecular weight is 479 g/mol. The van der Waals surface area contributed by atoms with Crippen molar-refractivity contribution in [2.24, 2.45) is 0 Å². The maximum absolute atomic E-state index is 12.2. The molecule has 0 atom stereocenters. The summed E-state index contributed by atoms with van der Waals surface area (Å²) in [5.41, 5.74) is 6.50. The van der Waals surface area contributed by atoms with E-state index in [1.54, 1.807) is 10.9 Å². The second kappa shape index (κ2) is 9.68. The number of thiocarbonyl (C=S) groups is 1. The summed E-state index contributed by atoms with van der Waals surface area (Å²) in [7, 11) is 0. The number of hydrogen-bond donors (Lipinski definition) is 2. The van der Waals surface area contributed by atoms with E-state index in [-0.39, 0.29) is 11.0 Å². The monoisotopic (exact) mass is 478 g/mol. The maximum Gasteiger partial charge on any atom is 0.267 e. The van der Waals surface area contributed by atoms with E-state index in [2.05, 4.69) is 59.6 Å². The van der Waals surface area contributed by atoms with Crippen molar-refractivity contribution in [3.8, 4) is 5.69 Å². The normalized spacial score (nSPS) is 10.9. The number of thiophene rings is 1. The van der Waals surface area contributed by atoms with E-state index in [1.807, 2.05) is 30.5 Å². The van der Waals surface area contributed by atoms with E-state index >= 15 is 0 Å². The highest BCUT2D eigenvalue weighted by atomic mass is 32.1. The van der Waals surface area contributed by atoms with Crippen LogP contribution in [-0.2, 0) is 0 Å². The van der Waals surface area contributed by atoms with Crippen LogP contribution >= 0.6 is 23.6 Å². The van der Waals surface area contributed by atoms with E-state index in [1.165, 1.54) is 17.0 Å². The molecule has 2 heterocycles. The summed E-state index contributed by atoms with van der Waals surface area (Å²) >= 11 is 6.70.